The molecule has 8 N–H and O–H groups in total. The molecule has 0 saturated carbocycles. The lowest BCUT2D eigenvalue weighted by Gasteiger charge is -2.45. The van der Waals surface area contributed by atoms with Crippen molar-refractivity contribution in [2.75, 3.05) is 0 Å². The molecule has 14 heteroatoms. The van der Waals surface area contributed by atoms with Gasteiger partial charge in [0.25, 0.3) is 0 Å². The van der Waals surface area contributed by atoms with E-state index in [1.807, 2.05) is 6.08 Å². The van der Waals surface area contributed by atoms with Crippen molar-refractivity contribution >= 4 is 11.9 Å². The van der Waals surface area contributed by atoms with Crippen molar-refractivity contribution in [2.24, 2.45) is 11.7 Å². The van der Waals surface area contributed by atoms with E-state index in [1.54, 1.807) is 56.4 Å². The summed E-state index contributed by atoms with van der Waals surface area (Å²) in [6.07, 6.45) is 5.25. The number of carbonyl (C=O) groups is 2. The van der Waals surface area contributed by atoms with Crippen molar-refractivity contribution in [3.63, 3.8) is 0 Å². The highest BCUT2D eigenvalue weighted by atomic mass is 16.7. The number of carboxylic acid groups (broad SMARTS) is 1. The molecule has 2 bridgehead atoms. The number of allylic oxidation sites excluding steroid dienone is 6. The molecule has 47 heavy (non-hydrogen) atoms. The van der Waals surface area contributed by atoms with E-state index in [1.165, 1.54) is 12.2 Å². The minimum atomic E-state index is -2.10. The van der Waals surface area contributed by atoms with Crippen molar-refractivity contribution in [2.45, 2.75) is 125 Å². The molecule has 0 radical (unpaired) electrons. The molecule has 14 nitrogen and oxygen atoms in total. The van der Waals surface area contributed by atoms with Crippen molar-refractivity contribution in [1.82, 2.24) is 0 Å². The van der Waals surface area contributed by atoms with Gasteiger partial charge in [-0.25, -0.2) is 4.79 Å². The normalized spacial score (nSPS) is 47.2. The SMILES string of the molecule is C[C@@H]1C/C=C/C=C/C=C/C=C/[C@H](OC2O[C@H](C)[C@@H](O)[C@H](N)[C@@H]2O)C[C@@H]2O[C@](O)(C[C@@H](O)CC3OC3/C=C/C(=O)O1)C[C@H](O)[C@H]2C(=O)O. The summed E-state index contributed by atoms with van der Waals surface area (Å²) in [5, 5.41) is 63.9. The number of aliphatic hydroxyl groups excluding tert-OH is 4. The Morgan fingerprint density at radius 1 is 0.936 bits per heavy atom. The van der Waals surface area contributed by atoms with Crippen LogP contribution in [0.4, 0.5) is 0 Å². The van der Waals surface area contributed by atoms with Crippen LogP contribution in [0.2, 0.25) is 0 Å². The third-order valence-corrected chi connectivity index (χ3v) is 8.58. The molecule has 4 aliphatic rings. The third-order valence-electron chi connectivity index (χ3n) is 8.58. The topological polar surface area (TPSA) is 231 Å². The van der Waals surface area contributed by atoms with Gasteiger partial charge in [0.2, 0.25) is 0 Å². The van der Waals surface area contributed by atoms with E-state index in [0.29, 0.717) is 6.42 Å². The van der Waals surface area contributed by atoms with Crippen molar-refractivity contribution in [1.29, 1.82) is 0 Å². The Labute approximate surface area is 273 Å². The monoisotopic (exact) mass is 665 g/mol. The standard InChI is InChI=1S/C33H47NO13/c1-18-10-8-6-4-3-5-7-9-11-21(45-32-30(39)28(34)29(38)19(2)44-32)15-25-27(31(40)41)22(36)17-33(42,47-25)16-20(35)14-24-23(46-24)12-13-26(37)43-18/h3-9,11-13,18-25,27-30,32,35-36,38-39,42H,10,14-17,34H2,1-2H3,(H,40,41)/b4-3+,7-5+,8-6+,11-9+,13-12+/t18-,19-,20+,21+,22+,23?,24?,25+,27-,28+,29-,30+,32?,33-/m1/s1. The molecule has 4 heterocycles. The molecule has 0 amide bonds. The second-order valence-corrected chi connectivity index (χ2v) is 12.6. The Balaban J connectivity index is 1.58. The smallest absolute Gasteiger partial charge is 0.330 e. The molecule has 14 atom stereocenters. The van der Waals surface area contributed by atoms with Crippen molar-refractivity contribution in [3.05, 3.63) is 60.8 Å². The van der Waals surface area contributed by atoms with Crippen LogP contribution >= 0.6 is 0 Å². The first-order chi connectivity index (χ1) is 22.3. The van der Waals surface area contributed by atoms with Crippen LogP contribution in [-0.2, 0) is 33.3 Å². The van der Waals surface area contributed by atoms with Crippen LogP contribution < -0.4 is 5.73 Å². The Hall–Kier alpha value is -2.76. The fourth-order valence-electron chi connectivity index (χ4n) is 6.00. The average molecular weight is 666 g/mol. The molecule has 0 aromatic heterocycles. The fraction of sp³-hybridized carbons (Fsp3) is 0.636. The highest BCUT2D eigenvalue weighted by molar-refractivity contribution is 5.82. The molecule has 3 saturated heterocycles. The minimum absolute atomic E-state index is 0.0789. The average Bonchev–Trinajstić information content (AvgIpc) is 3.72. The van der Waals surface area contributed by atoms with Gasteiger partial charge in [-0.3, -0.25) is 4.79 Å². The first kappa shape index (κ1) is 37.1. The number of ether oxygens (including phenoxy) is 5. The molecular formula is C33H47NO13. The largest absolute Gasteiger partial charge is 0.481 e. The molecule has 3 fully saturated rings. The molecule has 4 rings (SSSR count). The van der Waals surface area contributed by atoms with Crippen LogP contribution in [0.25, 0.3) is 0 Å². The molecule has 0 aromatic carbocycles. The Kier molecular flexibility index (Phi) is 13.1. The van der Waals surface area contributed by atoms with E-state index < -0.39 is 97.3 Å². The summed E-state index contributed by atoms with van der Waals surface area (Å²) in [4.78, 5) is 24.4. The summed E-state index contributed by atoms with van der Waals surface area (Å²) < 4.78 is 28.5. The highest BCUT2D eigenvalue weighted by Crippen LogP contribution is 2.39. The second kappa shape index (κ2) is 16.6. The van der Waals surface area contributed by atoms with Crippen LogP contribution in [0.15, 0.2) is 60.8 Å². The van der Waals surface area contributed by atoms with Gasteiger partial charge in [-0.15, -0.1) is 0 Å². The Morgan fingerprint density at radius 3 is 2.36 bits per heavy atom. The van der Waals surface area contributed by atoms with E-state index in [-0.39, 0.29) is 25.4 Å². The van der Waals surface area contributed by atoms with E-state index in [0.717, 1.165) is 0 Å². The molecule has 0 aliphatic carbocycles. The number of aliphatic carboxylic acids is 1. The van der Waals surface area contributed by atoms with E-state index in [2.05, 4.69) is 0 Å². The van der Waals surface area contributed by atoms with Gasteiger partial charge in [0.15, 0.2) is 12.1 Å². The number of rotatable bonds is 3. The maximum atomic E-state index is 12.3. The highest BCUT2D eigenvalue weighted by Gasteiger charge is 2.51. The van der Waals surface area contributed by atoms with Crippen LogP contribution in [0.1, 0.15) is 46.0 Å². The molecular weight excluding hydrogens is 618 g/mol. The van der Waals surface area contributed by atoms with E-state index >= 15 is 0 Å². The zero-order valence-electron chi connectivity index (χ0n) is 26.4. The number of hydrogen-bond acceptors (Lipinski definition) is 13. The van der Waals surface area contributed by atoms with Gasteiger partial charge in [-0.2, -0.15) is 0 Å². The lowest BCUT2D eigenvalue weighted by Crippen LogP contribution is -2.61. The number of carboxylic acids is 1. The van der Waals surface area contributed by atoms with Crippen LogP contribution in [0.3, 0.4) is 0 Å². The van der Waals surface area contributed by atoms with Crippen molar-refractivity contribution in [3.8, 4) is 0 Å². The van der Waals surface area contributed by atoms with Gasteiger partial charge in [0.1, 0.15) is 24.2 Å². The minimum Gasteiger partial charge on any atom is -0.481 e. The quantitative estimate of drug-likeness (QED) is 0.157. The number of aliphatic hydroxyl groups is 5. The van der Waals surface area contributed by atoms with Gasteiger partial charge in [-0.1, -0.05) is 48.6 Å². The Bertz CT molecular complexity index is 1220. The molecule has 3 unspecified atom stereocenters. The summed E-state index contributed by atoms with van der Waals surface area (Å²) in [7, 11) is 0. The van der Waals surface area contributed by atoms with Gasteiger partial charge in [-0.05, 0) is 19.9 Å². The predicted octanol–water partition coefficient (Wildman–Crippen LogP) is 0.120. The van der Waals surface area contributed by atoms with E-state index in [4.69, 9.17) is 29.4 Å². The second-order valence-electron chi connectivity index (χ2n) is 12.6. The maximum absolute atomic E-state index is 12.3. The molecule has 0 aromatic rings. The molecule has 4 aliphatic heterocycles. The molecule has 262 valence electrons. The summed E-state index contributed by atoms with van der Waals surface area (Å²) in [6, 6.07) is -1.08. The number of epoxide rings is 1. The fourth-order valence-corrected chi connectivity index (χ4v) is 6.00. The van der Waals surface area contributed by atoms with Crippen molar-refractivity contribution < 1.29 is 63.9 Å². The number of cyclic esters (lactones) is 1. The summed E-state index contributed by atoms with van der Waals surface area (Å²) >= 11 is 0. The summed E-state index contributed by atoms with van der Waals surface area (Å²) in [5.74, 6) is -5.45. The molecule has 0 spiro atoms. The Morgan fingerprint density at radius 2 is 1.64 bits per heavy atom. The number of carbonyl (C=O) groups excluding carboxylic acids is 1. The van der Waals surface area contributed by atoms with Gasteiger partial charge in [0, 0.05) is 38.2 Å². The first-order valence-electron chi connectivity index (χ1n) is 15.9. The number of hydrogen-bond donors (Lipinski definition) is 7. The van der Waals surface area contributed by atoms with Crippen LogP contribution in [-0.4, -0.2) is 122 Å². The zero-order valence-corrected chi connectivity index (χ0v) is 26.4. The van der Waals surface area contributed by atoms with E-state index in [9.17, 15) is 40.2 Å². The maximum Gasteiger partial charge on any atom is 0.330 e. The summed E-state index contributed by atoms with van der Waals surface area (Å²) in [5.41, 5.74) is 5.98. The first-order valence-corrected chi connectivity index (χ1v) is 15.9. The van der Waals surface area contributed by atoms with Gasteiger partial charge in [0.05, 0.1) is 48.8 Å². The lowest BCUT2D eigenvalue weighted by atomic mass is 9.83. The predicted molar refractivity (Wildman–Crippen MR) is 165 cm³/mol. The number of esters is 1. The van der Waals surface area contributed by atoms with Gasteiger partial charge >= 0.3 is 11.9 Å². The van der Waals surface area contributed by atoms with Crippen LogP contribution in [0, 0.1) is 5.92 Å². The summed E-state index contributed by atoms with van der Waals surface area (Å²) in [6.45, 7) is 3.34. The zero-order chi connectivity index (χ0) is 34.3. The third kappa shape index (κ3) is 10.6. The van der Waals surface area contributed by atoms with Gasteiger partial charge < -0.3 is 60.1 Å². The number of nitrogens with two attached hydrogens (primary N) is 1. The lowest BCUT2D eigenvalue weighted by molar-refractivity contribution is -0.308. The number of fused-ring (bicyclic) bond motifs is 3. The van der Waals surface area contributed by atoms with Crippen LogP contribution in [0.5, 0.6) is 0 Å².